The summed E-state index contributed by atoms with van der Waals surface area (Å²) in [6, 6.07) is 5.76. The van der Waals surface area contributed by atoms with E-state index in [-0.39, 0.29) is 5.91 Å². The van der Waals surface area contributed by atoms with Gasteiger partial charge in [0.2, 0.25) is 0 Å². The topological polar surface area (TPSA) is 54.3 Å². The Morgan fingerprint density at radius 1 is 1.48 bits per heavy atom. The van der Waals surface area contributed by atoms with Crippen molar-refractivity contribution in [3.8, 4) is 0 Å². The molecule has 0 spiro atoms. The van der Waals surface area contributed by atoms with Crippen molar-refractivity contribution in [1.29, 1.82) is 0 Å². The zero-order valence-electron chi connectivity index (χ0n) is 11.8. The van der Waals surface area contributed by atoms with Crippen LogP contribution in [-0.4, -0.2) is 25.5 Å². The molecule has 0 aliphatic carbocycles. The number of hydrogen-bond donors (Lipinski definition) is 2. The van der Waals surface area contributed by atoms with E-state index in [9.17, 15) is 4.79 Å². The normalized spacial score (nSPS) is 15.0. The second-order valence-corrected chi connectivity index (χ2v) is 6.11. The van der Waals surface area contributed by atoms with Crippen molar-refractivity contribution in [3.05, 3.63) is 45.6 Å². The van der Waals surface area contributed by atoms with Crippen LogP contribution in [0.2, 0.25) is 0 Å². The van der Waals surface area contributed by atoms with Crippen LogP contribution in [-0.2, 0) is 0 Å². The molecule has 1 aromatic heterocycles. The predicted molar refractivity (Wildman–Crippen MR) is 86.6 cm³/mol. The van der Waals surface area contributed by atoms with E-state index in [0.717, 1.165) is 40.5 Å². The smallest absolute Gasteiger partial charge is 0.287 e. The minimum atomic E-state index is -0.153. The Morgan fingerprint density at radius 2 is 2.33 bits per heavy atom. The van der Waals surface area contributed by atoms with Crippen LogP contribution in [0.25, 0.3) is 11.0 Å². The van der Waals surface area contributed by atoms with Gasteiger partial charge < -0.3 is 15.1 Å². The molecule has 1 aliphatic heterocycles. The zero-order valence-corrected chi connectivity index (χ0v) is 13.4. The highest BCUT2D eigenvalue weighted by molar-refractivity contribution is 9.10. The Hall–Kier alpha value is -1.59. The number of benzene rings is 1. The van der Waals surface area contributed by atoms with Crippen LogP contribution in [0, 0.1) is 6.92 Å². The molecule has 0 saturated heterocycles. The fourth-order valence-corrected chi connectivity index (χ4v) is 2.88. The van der Waals surface area contributed by atoms with E-state index in [1.54, 1.807) is 0 Å². The van der Waals surface area contributed by atoms with Gasteiger partial charge in [-0.05, 0) is 38.1 Å². The third-order valence-electron chi connectivity index (χ3n) is 3.74. The molecule has 0 atom stereocenters. The number of halogens is 1. The first-order valence-electron chi connectivity index (χ1n) is 7.00. The predicted octanol–water partition coefficient (Wildman–Crippen LogP) is 3.15. The van der Waals surface area contributed by atoms with Crippen LogP contribution in [0.3, 0.4) is 0 Å². The number of nitrogens with one attached hydrogen (secondary N) is 2. The molecule has 5 heteroatoms. The highest BCUT2D eigenvalue weighted by Crippen LogP contribution is 2.28. The molecule has 1 aliphatic rings. The highest BCUT2D eigenvalue weighted by Gasteiger charge is 2.18. The summed E-state index contributed by atoms with van der Waals surface area (Å²) in [6.45, 7) is 4.35. The molecular formula is C16H17BrN2O2. The lowest BCUT2D eigenvalue weighted by Gasteiger charge is -2.14. The van der Waals surface area contributed by atoms with Gasteiger partial charge in [0.05, 0.1) is 0 Å². The molecule has 2 aromatic rings. The summed E-state index contributed by atoms with van der Waals surface area (Å²) < 4.78 is 6.67. The third-order valence-corrected chi connectivity index (χ3v) is 4.23. The largest absolute Gasteiger partial charge is 0.451 e. The van der Waals surface area contributed by atoms with Crippen LogP contribution in [0.4, 0.5) is 0 Å². The standard InChI is InChI=1S/C16H17BrN2O2/c1-10-13-8-12(17)2-3-14(13)21-15(10)16(20)19-9-11-4-6-18-7-5-11/h2-4,8,18H,5-7,9H2,1H3,(H,19,20). The number of fused-ring (bicyclic) bond motifs is 1. The summed E-state index contributed by atoms with van der Waals surface area (Å²) in [7, 11) is 0. The number of hydrogen-bond acceptors (Lipinski definition) is 3. The maximum atomic E-state index is 12.3. The lowest BCUT2D eigenvalue weighted by molar-refractivity contribution is 0.0930. The van der Waals surface area contributed by atoms with E-state index >= 15 is 0 Å². The zero-order chi connectivity index (χ0) is 14.8. The first kappa shape index (κ1) is 14.4. The molecule has 2 N–H and O–H groups in total. The summed E-state index contributed by atoms with van der Waals surface area (Å²) in [5, 5.41) is 7.17. The van der Waals surface area contributed by atoms with Crippen LogP contribution in [0.1, 0.15) is 22.5 Å². The van der Waals surface area contributed by atoms with Gasteiger partial charge in [-0.25, -0.2) is 0 Å². The minimum absolute atomic E-state index is 0.153. The quantitative estimate of drug-likeness (QED) is 0.837. The molecule has 1 amide bonds. The maximum absolute atomic E-state index is 12.3. The highest BCUT2D eigenvalue weighted by atomic mass is 79.9. The fraction of sp³-hybridized carbons (Fsp3) is 0.312. The number of carbonyl (C=O) groups is 1. The minimum Gasteiger partial charge on any atom is -0.451 e. The van der Waals surface area contributed by atoms with Gasteiger partial charge in [-0.3, -0.25) is 4.79 Å². The summed E-state index contributed by atoms with van der Waals surface area (Å²) in [5.74, 6) is 0.247. The average Bonchev–Trinajstić information content (AvgIpc) is 2.83. The molecule has 21 heavy (non-hydrogen) atoms. The van der Waals surface area contributed by atoms with Gasteiger partial charge >= 0.3 is 0 Å². The number of amides is 1. The fourth-order valence-electron chi connectivity index (χ4n) is 2.51. The Labute approximate surface area is 131 Å². The van der Waals surface area contributed by atoms with Gasteiger partial charge in [0.1, 0.15) is 5.58 Å². The Morgan fingerprint density at radius 3 is 3.10 bits per heavy atom. The lowest BCUT2D eigenvalue weighted by Crippen LogP contribution is -2.29. The maximum Gasteiger partial charge on any atom is 0.287 e. The first-order chi connectivity index (χ1) is 10.1. The molecule has 2 heterocycles. The Balaban J connectivity index is 1.78. The van der Waals surface area contributed by atoms with Gasteiger partial charge in [-0.15, -0.1) is 0 Å². The van der Waals surface area contributed by atoms with Crippen molar-refractivity contribution in [2.24, 2.45) is 0 Å². The van der Waals surface area contributed by atoms with Crippen molar-refractivity contribution < 1.29 is 9.21 Å². The molecular weight excluding hydrogens is 332 g/mol. The summed E-state index contributed by atoms with van der Waals surface area (Å²) in [6.07, 6.45) is 3.11. The number of furan rings is 1. The van der Waals surface area contributed by atoms with E-state index in [1.807, 2.05) is 25.1 Å². The summed E-state index contributed by atoms with van der Waals surface area (Å²) >= 11 is 3.44. The number of aryl methyl sites for hydroxylation is 1. The Kier molecular flexibility index (Phi) is 4.12. The molecule has 0 saturated carbocycles. The van der Waals surface area contributed by atoms with Crippen molar-refractivity contribution in [2.45, 2.75) is 13.3 Å². The van der Waals surface area contributed by atoms with Gasteiger partial charge in [0, 0.05) is 28.5 Å². The second-order valence-electron chi connectivity index (χ2n) is 5.20. The SMILES string of the molecule is Cc1c(C(=O)NCC2=CCNCC2)oc2ccc(Br)cc12. The second kappa shape index (κ2) is 6.03. The molecule has 110 valence electrons. The van der Waals surface area contributed by atoms with Crippen molar-refractivity contribution in [2.75, 3.05) is 19.6 Å². The van der Waals surface area contributed by atoms with E-state index < -0.39 is 0 Å². The molecule has 0 bridgehead atoms. The lowest BCUT2D eigenvalue weighted by atomic mass is 10.1. The number of carbonyl (C=O) groups excluding carboxylic acids is 1. The average molecular weight is 349 g/mol. The molecule has 0 fully saturated rings. The van der Waals surface area contributed by atoms with Crippen molar-refractivity contribution in [1.82, 2.24) is 10.6 Å². The summed E-state index contributed by atoms with van der Waals surface area (Å²) in [5.41, 5.74) is 2.88. The van der Waals surface area contributed by atoms with Crippen LogP contribution in [0.15, 0.2) is 38.7 Å². The molecule has 4 nitrogen and oxygen atoms in total. The number of rotatable bonds is 3. The molecule has 0 radical (unpaired) electrons. The molecule has 0 unspecified atom stereocenters. The van der Waals surface area contributed by atoms with Crippen LogP contribution < -0.4 is 10.6 Å². The van der Waals surface area contributed by atoms with Crippen LogP contribution >= 0.6 is 15.9 Å². The summed E-state index contributed by atoms with van der Waals surface area (Å²) in [4.78, 5) is 12.3. The van der Waals surface area contributed by atoms with E-state index in [0.29, 0.717) is 12.3 Å². The van der Waals surface area contributed by atoms with Gasteiger partial charge in [0.25, 0.3) is 5.91 Å². The third kappa shape index (κ3) is 3.04. The van der Waals surface area contributed by atoms with E-state index in [4.69, 9.17) is 4.42 Å². The van der Waals surface area contributed by atoms with Gasteiger partial charge in [0.15, 0.2) is 5.76 Å². The molecule has 1 aromatic carbocycles. The van der Waals surface area contributed by atoms with Crippen LogP contribution in [0.5, 0.6) is 0 Å². The van der Waals surface area contributed by atoms with Crippen molar-refractivity contribution in [3.63, 3.8) is 0 Å². The van der Waals surface area contributed by atoms with E-state index in [1.165, 1.54) is 5.57 Å². The molecule has 3 rings (SSSR count). The Bertz CT molecular complexity index is 718. The van der Waals surface area contributed by atoms with E-state index in [2.05, 4.69) is 32.6 Å². The first-order valence-corrected chi connectivity index (χ1v) is 7.80. The van der Waals surface area contributed by atoms with Gasteiger partial charge in [-0.1, -0.05) is 27.6 Å². The monoisotopic (exact) mass is 348 g/mol. The van der Waals surface area contributed by atoms with Crippen molar-refractivity contribution >= 4 is 32.8 Å². The van der Waals surface area contributed by atoms with Gasteiger partial charge in [-0.2, -0.15) is 0 Å².